The van der Waals surface area contributed by atoms with E-state index in [9.17, 15) is 18.0 Å². The van der Waals surface area contributed by atoms with Crippen LogP contribution in [0.15, 0.2) is 34.5 Å². The van der Waals surface area contributed by atoms with Crippen molar-refractivity contribution < 1.29 is 22.7 Å². The van der Waals surface area contributed by atoms with E-state index in [0.29, 0.717) is 18.5 Å². The van der Waals surface area contributed by atoms with Crippen LogP contribution < -0.4 is 0 Å². The molecule has 6 nitrogen and oxygen atoms in total. The molecule has 146 valence electrons. The molecule has 0 aliphatic rings. The van der Waals surface area contributed by atoms with Gasteiger partial charge in [0.1, 0.15) is 5.69 Å². The topological polar surface area (TPSA) is 68.8 Å². The maximum Gasteiger partial charge on any atom is 0.437 e. The molecular formula is C18H21F3N4O2. The summed E-state index contributed by atoms with van der Waals surface area (Å²) in [5.74, 6) is -0.386. The number of carbonyl (C=O) groups is 1. The van der Waals surface area contributed by atoms with Gasteiger partial charge in [-0.15, -0.1) is 5.11 Å². The average Bonchev–Trinajstić information content (AvgIpc) is 2.90. The van der Waals surface area contributed by atoms with Crippen LogP contribution in [0.1, 0.15) is 36.7 Å². The summed E-state index contributed by atoms with van der Waals surface area (Å²) in [7, 11) is 0. The molecule has 0 aliphatic carbocycles. The number of azo groups is 1. The molecule has 0 saturated carbocycles. The van der Waals surface area contributed by atoms with Crippen molar-refractivity contribution in [1.29, 1.82) is 0 Å². The van der Waals surface area contributed by atoms with E-state index in [2.05, 4.69) is 15.3 Å². The summed E-state index contributed by atoms with van der Waals surface area (Å²) in [6.45, 7) is 5.21. The van der Waals surface area contributed by atoms with Crippen molar-refractivity contribution in [2.75, 3.05) is 6.61 Å². The molecule has 0 N–H and O–H groups in total. The first-order valence-electron chi connectivity index (χ1n) is 8.45. The summed E-state index contributed by atoms with van der Waals surface area (Å²) < 4.78 is 46.0. The SMILES string of the molecule is CC(=O)OCCCCn1nc(C(F)(F)F)c(N=Nc2ccc(C)cc2)c1C. The van der Waals surface area contributed by atoms with Crippen molar-refractivity contribution in [3.05, 3.63) is 41.2 Å². The maximum atomic E-state index is 13.3. The van der Waals surface area contributed by atoms with Crippen molar-refractivity contribution in [2.24, 2.45) is 10.2 Å². The molecule has 0 unspecified atom stereocenters. The number of carbonyl (C=O) groups excluding carboxylic acids is 1. The quantitative estimate of drug-likeness (QED) is 0.372. The lowest BCUT2D eigenvalue weighted by Crippen LogP contribution is -2.09. The third-order valence-corrected chi connectivity index (χ3v) is 3.81. The van der Waals surface area contributed by atoms with Crippen LogP contribution in [-0.4, -0.2) is 22.4 Å². The van der Waals surface area contributed by atoms with Crippen molar-refractivity contribution in [1.82, 2.24) is 9.78 Å². The van der Waals surface area contributed by atoms with Gasteiger partial charge in [-0.05, 0) is 38.8 Å². The second-order valence-electron chi connectivity index (χ2n) is 6.09. The minimum Gasteiger partial charge on any atom is -0.466 e. The van der Waals surface area contributed by atoms with Gasteiger partial charge in [0.25, 0.3) is 0 Å². The lowest BCUT2D eigenvalue weighted by atomic mass is 10.2. The zero-order chi connectivity index (χ0) is 20.0. The normalized spacial score (nSPS) is 11.9. The number of rotatable bonds is 7. The largest absolute Gasteiger partial charge is 0.466 e. The molecule has 0 aliphatic heterocycles. The number of benzene rings is 1. The van der Waals surface area contributed by atoms with Crippen LogP contribution in [-0.2, 0) is 22.3 Å². The Hall–Kier alpha value is -2.71. The number of halogens is 3. The number of ether oxygens (including phenoxy) is 1. The summed E-state index contributed by atoms with van der Waals surface area (Å²) in [4.78, 5) is 10.7. The molecule has 1 heterocycles. The molecule has 0 bridgehead atoms. The van der Waals surface area contributed by atoms with Gasteiger partial charge in [-0.25, -0.2) is 0 Å². The van der Waals surface area contributed by atoms with Gasteiger partial charge in [0.05, 0.1) is 18.0 Å². The fourth-order valence-corrected chi connectivity index (χ4v) is 2.36. The zero-order valence-corrected chi connectivity index (χ0v) is 15.4. The first kappa shape index (κ1) is 20.6. The highest BCUT2D eigenvalue weighted by molar-refractivity contribution is 5.65. The standard InChI is InChI=1S/C18H21F3N4O2/c1-12-6-8-15(9-7-12)22-23-16-13(2)25(24-17(16)18(19,20)21)10-4-5-11-27-14(3)26/h6-9H,4-5,10-11H2,1-3H3. The molecule has 9 heteroatoms. The highest BCUT2D eigenvalue weighted by atomic mass is 19.4. The Labute approximate surface area is 155 Å². The fraction of sp³-hybridized carbons (Fsp3) is 0.444. The van der Waals surface area contributed by atoms with E-state index in [4.69, 9.17) is 4.74 Å². The second kappa shape index (κ2) is 8.79. The Morgan fingerprint density at radius 2 is 1.81 bits per heavy atom. The molecular weight excluding hydrogens is 361 g/mol. The Kier molecular flexibility index (Phi) is 6.70. The van der Waals surface area contributed by atoms with E-state index in [1.165, 1.54) is 18.5 Å². The van der Waals surface area contributed by atoms with Crippen molar-refractivity contribution in [3.8, 4) is 0 Å². The summed E-state index contributed by atoms with van der Waals surface area (Å²) in [6, 6.07) is 6.97. The van der Waals surface area contributed by atoms with Gasteiger partial charge in [-0.3, -0.25) is 9.48 Å². The summed E-state index contributed by atoms with van der Waals surface area (Å²) >= 11 is 0. The average molecular weight is 382 g/mol. The van der Waals surface area contributed by atoms with E-state index in [1.54, 1.807) is 24.3 Å². The molecule has 0 radical (unpaired) electrons. The minimum atomic E-state index is -4.63. The monoisotopic (exact) mass is 382 g/mol. The van der Waals surface area contributed by atoms with E-state index in [1.807, 2.05) is 6.92 Å². The smallest absolute Gasteiger partial charge is 0.437 e. The summed E-state index contributed by atoms with van der Waals surface area (Å²) in [5.41, 5.74) is 0.412. The van der Waals surface area contributed by atoms with E-state index in [-0.39, 0.29) is 30.5 Å². The van der Waals surface area contributed by atoms with E-state index >= 15 is 0 Å². The molecule has 1 aromatic heterocycles. The number of aromatic nitrogens is 2. The number of nitrogens with zero attached hydrogens (tertiary/aromatic N) is 4. The van der Waals surface area contributed by atoms with Gasteiger partial charge < -0.3 is 4.74 Å². The highest BCUT2D eigenvalue weighted by Gasteiger charge is 2.39. The van der Waals surface area contributed by atoms with Gasteiger partial charge in [-0.1, -0.05) is 17.7 Å². The first-order valence-corrected chi connectivity index (χ1v) is 8.45. The van der Waals surface area contributed by atoms with Crippen molar-refractivity contribution >= 4 is 17.3 Å². The first-order chi connectivity index (χ1) is 12.7. The van der Waals surface area contributed by atoms with E-state index in [0.717, 1.165) is 5.56 Å². The molecule has 2 rings (SSSR count). The predicted octanol–water partition coefficient (Wildman–Crippen LogP) is 5.28. The van der Waals surface area contributed by atoms with E-state index < -0.39 is 11.9 Å². The van der Waals surface area contributed by atoms with Crippen LogP contribution in [0.3, 0.4) is 0 Å². The molecule has 2 aromatic rings. The number of unbranched alkanes of at least 4 members (excludes halogenated alkanes) is 1. The van der Waals surface area contributed by atoms with Gasteiger partial charge in [-0.2, -0.15) is 23.4 Å². The molecule has 0 atom stereocenters. The number of hydrogen-bond acceptors (Lipinski definition) is 5. The molecule has 0 fully saturated rings. The van der Waals surface area contributed by atoms with Gasteiger partial charge >= 0.3 is 12.1 Å². The number of alkyl halides is 3. The fourth-order valence-electron chi connectivity index (χ4n) is 2.36. The van der Waals surface area contributed by atoms with Crippen LogP contribution in [0.4, 0.5) is 24.5 Å². The third kappa shape index (κ3) is 5.90. The second-order valence-corrected chi connectivity index (χ2v) is 6.09. The van der Waals surface area contributed by atoms with Crippen LogP contribution in [0.25, 0.3) is 0 Å². The van der Waals surface area contributed by atoms with Crippen molar-refractivity contribution in [3.63, 3.8) is 0 Å². The van der Waals surface area contributed by atoms with Gasteiger partial charge in [0.15, 0.2) is 5.69 Å². The molecule has 0 saturated heterocycles. The predicted molar refractivity (Wildman–Crippen MR) is 93.2 cm³/mol. The molecule has 0 spiro atoms. The Morgan fingerprint density at radius 1 is 1.15 bits per heavy atom. The Bertz CT molecular complexity index is 811. The molecule has 0 amide bonds. The molecule has 27 heavy (non-hydrogen) atoms. The number of esters is 1. The highest BCUT2D eigenvalue weighted by Crippen LogP contribution is 2.38. The number of hydrogen-bond donors (Lipinski definition) is 0. The lowest BCUT2D eigenvalue weighted by molar-refractivity contribution is -0.142. The maximum absolute atomic E-state index is 13.3. The van der Waals surface area contributed by atoms with Crippen LogP contribution in [0.5, 0.6) is 0 Å². The number of aryl methyl sites for hydroxylation is 2. The minimum absolute atomic E-state index is 0.224. The van der Waals surface area contributed by atoms with Crippen LogP contribution in [0.2, 0.25) is 0 Å². The Morgan fingerprint density at radius 3 is 2.41 bits per heavy atom. The van der Waals surface area contributed by atoms with Crippen LogP contribution >= 0.6 is 0 Å². The summed E-state index contributed by atoms with van der Waals surface area (Å²) in [6.07, 6.45) is -3.59. The van der Waals surface area contributed by atoms with Gasteiger partial charge in [0.2, 0.25) is 0 Å². The summed E-state index contributed by atoms with van der Waals surface area (Å²) in [5, 5.41) is 11.4. The Balaban J connectivity index is 2.18. The van der Waals surface area contributed by atoms with Gasteiger partial charge in [0, 0.05) is 13.5 Å². The molecule has 1 aromatic carbocycles. The lowest BCUT2D eigenvalue weighted by Gasteiger charge is -2.04. The zero-order valence-electron chi connectivity index (χ0n) is 15.4. The van der Waals surface area contributed by atoms with Crippen molar-refractivity contribution in [2.45, 2.75) is 46.3 Å². The van der Waals surface area contributed by atoms with Crippen LogP contribution in [0, 0.1) is 13.8 Å². The third-order valence-electron chi connectivity index (χ3n) is 3.81.